The third-order valence-corrected chi connectivity index (χ3v) is 2.51. The van der Waals surface area contributed by atoms with Crippen LogP contribution in [-0.2, 0) is 9.47 Å². The molecule has 0 spiro atoms. The number of benzene rings is 1. The Kier molecular flexibility index (Phi) is 1.96. The Hall–Kier alpha value is -1.74. The number of para-hydroxylation sites is 1. The molecule has 1 aromatic rings. The second-order valence-corrected chi connectivity index (χ2v) is 3.43. The number of allylic oxidation sites excluding steroid dienone is 2. The summed E-state index contributed by atoms with van der Waals surface area (Å²) in [7, 11) is 0. The molecule has 3 rings (SSSR count). The first-order chi connectivity index (χ1) is 7.45. The van der Waals surface area contributed by atoms with E-state index in [0.29, 0.717) is 6.79 Å². The smallest absolute Gasteiger partial charge is 0.196 e. The van der Waals surface area contributed by atoms with Gasteiger partial charge in [-0.15, -0.1) is 0 Å². The summed E-state index contributed by atoms with van der Waals surface area (Å²) in [5.74, 6) is 0.876. The molecule has 2 aliphatic heterocycles. The van der Waals surface area contributed by atoms with Gasteiger partial charge < -0.3 is 14.4 Å². The number of fused-ring (bicyclic) bond motifs is 1. The first-order valence-electron chi connectivity index (χ1n) is 4.91. The van der Waals surface area contributed by atoms with Crippen molar-refractivity contribution in [3.63, 3.8) is 0 Å². The van der Waals surface area contributed by atoms with Crippen LogP contribution >= 0.6 is 0 Å². The maximum absolute atomic E-state index is 5.51. The van der Waals surface area contributed by atoms with Gasteiger partial charge in [-0.1, -0.05) is 18.2 Å². The zero-order valence-corrected chi connectivity index (χ0v) is 8.17. The Morgan fingerprint density at radius 3 is 2.93 bits per heavy atom. The number of hydrogen-bond donors (Lipinski definition) is 0. The minimum absolute atomic E-state index is 0.0996. The van der Waals surface area contributed by atoms with E-state index in [1.807, 2.05) is 36.6 Å². The lowest BCUT2D eigenvalue weighted by Gasteiger charge is -2.27. The average molecular weight is 201 g/mol. The lowest BCUT2D eigenvalue weighted by Crippen LogP contribution is -2.32. The van der Waals surface area contributed by atoms with Crippen molar-refractivity contribution in [1.82, 2.24) is 0 Å². The van der Waals surface area contributed by atoms with Gasteiger partial charge in [0.2, 0.25) is 0 Å². The van der Waals surface area contributed by atoms with Crippen molar-refractivity contribution < 1.29 is 9.47 Å². The van der Waals surface area contributed by atoms with Gasteiger partial charge in [0.05, 0.1) is 0 Å². The molecule has 15 heavy (non-hydrogen) atoms. The Morgan fingerprint density at radius 1 is 1.20 bits per heavy atom. The molecular weight excluding hydrogens is 190 g/mol. The van der Waals surface area contributed by atoms with E-state index in [2.05, 4.69) is 17.0 Å². The Bertz CT molecular complexity index is 411. The fourth-order valence-corrected chi connectivity index (χ4v) is 1.80. The minimum atomic E-state index is -0.0996. The SMILES string of the molecule is C1=CN(c2ccccc2)C2OCOC2=C1. The molecule has 1 aromatic carbocycles. The summed E-state index contributed by atoms with van der Waals surface area (Å²) in [5.41, 5.74) is 1.11. The van der Waals surface area contributed by atoms with Crippen LogP contribution in [0.1, 0.15) is 0 Å². The fourth-order valence-electron chi connectivity index (χ4n) is 1.80. The second kappa shape index (κ2) is 3.44. The first kappa shape index (κ1) is 8.56. The van der Waals surface area contributed by atoms with Gasteiger partial charge in [0, 0.05) is 11.9 Å². The molecule has 0 aromatic heterocycles. The van der Waals surface area contributed by atoms with Crippen LogP contribution in [0.2, 0.25) is 0 Å². The van der Waals surface area contributed by atoms with Crippen molar-refractivity contribution in [2.45, 2.75) is 6.23 Å². The van der Waals surface area contributed by atoms with Crippen molar-refractivity contribution >= 4 is 5.69 Å². The maximum Gasteiger partial charge on any atom is 0.196 e. The molecule has 0 aliphatic carbocycles. The van der Waals surface area contributed by atoms with Gasteiger partial charge in [0.25, 0.3) is 0 Å². The maximum atomic E-state index is 5.51. The lowest BCUT2D eigenvalue weighted by atomic mass is 10.2. The quantitative estimate of drug-likeness (QED) is 0.695. The van der Waals surface area contributed by atoms with Crippen LogP contribution in [0.4, 0.5) is 5.69 Å². The summed E-state index contributed by atoms with van der Waals surface area (Å²) >= 11 is 0. The van der Waals surface area contributed by atoms with E-state index in [1.165, 1.54) is 0 Å². The third-order valence-electron chi connectivity index (χ3n) is 2.51. The van der Waals surface area contributed by atoms with Gasteiger partial charge >= 0.3 is 0 Å². The molecular formula is C12H11NO2. The predicted octanol–water partition coefficient (Wildman–Crippen LogP) is 2.23. The van der Waals surface area contributed by atoms with Crippen molar-refractivity contribution in [2.75, 3.05) is 11.7 Å². The van der Waals surface area contributed by atoms with E-state index in [0.717, 1.165) is 11.4 Å². The van der Waals surface area contributed by atoms with Crippen LogP contribution < -0.4 is 4.90 Å². The number of rotatable bonds is 1. The van der Waals surface area contributed by atoms with E-state index < -0.39 is 0 Å². The van der Waals surface area contributed by atoms with Crippen LogP contribution in [0.15, 0.2) is 54.4 Å². The molecule has 1 fully saturated rings. The monoisotopic (exact) mass is 201 g/mol. The molecule has 0 bridgehead atoms. The predicted molar refractivity (Wildman–Crippen MR) is 57.0 cm³/mol. The van der Waals surface area contributed by atoms with Gasteiger partial charge in [-0.2, -0.15) is 0 Å². The molecule has 2 heterocycles. The molecule has 0 N–H and O–H groups in total. The zero-order chi connectivity index (χ0) is 10.1. The molecule has 1 unspecified atom stereocenters. The van der Waals surface area contributed by atoms with Crippen LogP contribution in [0, 0.1) is 0 Å². The molecule has 1 atom stereocenters. The molecule has 0 saturated carbocycles. The third kappa shape index (κ3) is 1.41. The van der Waals surface area contributed by atoms with Crippen molar-refractivity contribution in [3.05, 3.63) is 54.4 Å². The highest BCUT2D eigenvalue weighted by molar-refractivity contribution is 5.53. The van der Waals surface area contributed by atoms with Crippen molar-refractivity contribution in [3.8, 4) is 0 Å². The van der Waals surface area contributed by atoms with E-state index >= 15 is 0 Å². The molecule has 1 saturated heterocycles. The highest BCUT2D eigenvalue weighted by Gasteiger charge is 2.30. The average Bonchev–Trinajstić information content (AvgIpc) is 2.78. The molecule has 0 radical (unpaired) electrons. The number of ether oxygens (including phenoxy) is 2. The normalized spacial score (nSPS) is 23.3. The first-order valence-corrected chi connectivity index (χ1v) is 4.91. The highest BCUT2D eigenvalue weighted by Crippen LogP contribution is 2.28. The summed E-state index contributed by atoms with van der Waals surface area (Å²) in [6.07, 6.45) is 5.81. The van der Waals surface area contributed by atoms with Crippen LogP contribution in [0.25, 0.3) is 0 Å². The summed E-state index contributed by atoms with van der Waals surface area (Å²) in [6.45, 7) is 0.335. The summed E-state index contributed by atoms with van der Waals surface area (Å²) in [5, 5.41) is 0. The number of anilines is 1. The van der Waals surface area contributed by atoms with E-state index in [1.54, 1.807) is 0 Å². The number of hydrogen-bond acceptors (Lipinski definition) is 3. The molecule has 0 amide bonds. The highest BCUT2D eigenvalue weighted by atomic mass is 16.7. The van der Waals surface area contributed by atoms with Gasteiger partial charge in [0.1, 0.15) is 5.76 Å². The van der Waals surface area contributed by atoms with Crippen molar-refractivity contribution in [1.29, 1.82) is 0 Å². The number of nitrogens with zero attached hydrogens (tertiary/aromatic N) is 1. The molecule has 3 heteroatoms. The second-order valence-electron chi connectivity index (χ2n) is 3.43. The Balaban J connectivity index is 1.95. The minimum Gasteiger partial charge on any atom is -0.467 e. The van der Waals surface area contributed by atoms with Crippen LogP contribution in [0.3, 0.4) is 0 Å². The Labute approximate surface area is 88.2 Å². The van der Waals surface area contributed by atoms with E-state index in [9.17, 15) is 0 Å². The molecule has 3 nitrogen and oxygen atoms in total. The standard InChI is InChI=1S/C12H11NO2/c1-2-5-10(6-3-1)13-8-4-7-11-12(13)15-9-14-11/h1-8,12H,9H2. The van der Waals surface area contributed by atoms with Gasteiger partial charge in [0.15, 0.2) is 13.0 Å². The molecule has 2 aliphatic rings. The van der Waals surface area contributed by atoms with E-state index in [4.69, 9.17) is 9.47 Å². The summed E-state index contributed by atoms with van der Waals surface area (Å²) < 4.78 is 10.9. The summed E-state index contributed by atoms with van der Waals surface area (Å²) in [6, 6.07) is 10.1. The largest absolute Gasteiger partial charge is 0.467 e. The van der Waals surface area contributed by atoms with Crippen LogP contribution in [-0.4, -0.2) is 13.0 Å². The summed E-state index contributed by atoms with van der Waals surface area (Å²) in [4.78, 5) is 2.06. The fraction of sp³-hybridized carbons (Fsp3) is 0.167. The lowest BCUT2D eigenvalue weighted by molar-refractivity contribution is 0.0515. The van der Waals surface area contributed by atoms with Crippen LogP contribution in [0.5, 0.6) is 0 Å². The van der Waals surface area contributed by atoms with Crippen molar-refractivity contribution in [2.24, 2.45) is 0 Å². The molecule has 76 valence electrons. The van der Waals surface area contributed by atoms with Gasteiger partial charge in [-0.05, 0) is 24.3 Å². The van der Waals surface area contributed by atoms with Gasteiger partial charge in [-0.3, -0.25) is 0 Å². The zero-order valence-electron chi connectivity index (χ0n) is 8.17. The Morgan fingerprint density at radius 2 is 2.07 bits per heavy atom. The topological polar surface area (TPSA) is 21.7 Å². The van der Waals surface area contributed by atoms with Gasteiger partial charge in [-0.25, -0.2) is 0 Å². The van der Waals surface area contributed by atoms with E-state index in [-0.39, 0.29) is 6.23 Å².